The van der Waals surface area contributed by atoms with E-state index in [1.54, 1.807) is 24.3 Å². The van der Waals surface area contributed by atoms with Crippen molar-refractivity contribution in [2.45, 2.75) is 13.8 Å². The molecule has 0 radical (unpaired) electrons. The first-order chi connectivity index (χ1) is 16.4. The van der Waals surface area contributed by atoms with Crippen molar-refractivity contribution in [2.24, 2.45) is 5.10 Å². The predicted octanol–water partition coefficient (Wildman–Crippen LogP) is 4.99. The van der Waals surface area contributed by atoms with Gasteiger partial charge in [-0.05, 0) is 71.7 Å². The Hall–Kier alpha value is -3.43. The Morgan fingerprint density at radius 1 is 1.18 bits per heavy atom. The zero-order valence-corrected chi connectivity index (χ0v) is 20.8. The molecule has 0 aliphatic carbocycles. The molecule has 3 aromatic rings. The molecule has 0 aliphatic rings. The Labute approximate surface area is 210 Å². The molecule has 0 atom stereocenters. The van der Waals surface area contributed by atoms with Crippen molar-refractivity contribution in [1.82, 2.24) is 10.4 Å². The third kappa shape index (κ3) is 7.03. The van der Waals surface area contributed by atoms with Crippen LogP contribution in [-0.4, -0.2) is 36.2 Å². The lowest BCUT2D eigenvalue weighted by molar-refractivity contribution is -0.118. The second-order valence-electron chi connectivity index (χ2n) is 7.01. The van der Waals surface area contributed by atoms with Crippen LogP contribution in [0.4, 0.5) is 5.69 Å². The molecule has 0 unspecified atom stereocenters. The number of halogens is 2. The number of ether oxygens (including phenoxy) is 2. The lowest BCUT2D eigenvalue weighted by Crippen LogP contribution is -2.20. The number of carbonyl (C=O) groups excluding carboxylic acids is 2. The zero-order chi connectivity index (χ0) is 24.5. The van der Waals surface area contributed by atoms with Gasteiger partial charge in [-0.15, -0.1) is 0 Å². The van der Waals surface area contributed by atoms with Crippen molar-refractivity contribution in [1.29, 1.82) is 0 Å². The normalized spacial score (nSPS) is 10.7. The first-order valence-electron chi connectivity index (χ1n) is 10.3. The third-order valence-corrected chi connectivity index (χ3v) is 5.29. The van der Waals surface area contributed by atoms with Crippen molar-refractivity contribution >= 4 is 51.2 Å². The number of pyridine rings is 1. The fourth-order valence-electron chi connectivity index (χ4n) is 2.82. The standard InChI is InChI=1S/C24H22BrClN4O4/c1-3-33-20-12-16(13-28-30-24(32)18-5-4-10-27-23(18)26)11-19(25)22(20)34-14-21(31)29-17-8-6-15(2)7-9-17/h4-13H,3,14H2,1-2H3,(H,29,31)(H,30,32). The van der Waals surface area contributed by atoms with Crippen LogP contribution < -0.4 is 20.2 Å². The SMILES string of the molecule is CCOc1cc(C=NNC(=O)c2cccnc2Cl)cc(Br)c1OCC(=O)Nc1ccc(C)cc1. The lowest BCUT2D eigenvalue weighted by atomic mass is 10.2. The number of nitrogens with zero attached hydrogens (tertiary/aromatic N) is 2. The molecule has 2 aromatic carbocycles. The van der Waals surface area contributed by atoms with Gasteiger partial charge >= 0.3 is 0 Å². The number of benzene rings is 2. The van der Waals surface area contributed by atoms with E-state index in [2.05, 4.69) is 36.8 Å². The maximum Gasteiger partial charge on any atom is 0.274 e. The highest BCUT2D eigenvalue weighted by molar-refractivity contribution is 9.10. The first-order valence-corrected chi connectivity index (χ1v) is 11.4. The van der Waals surface area contributed by atoms with Gasteiger partial charge in [0.15, 0.2) is 18.1 Å². The predicted molar refractivity (Wildman–Crippen MR) is 135 cm³/mol. The van der Waals surface area contributed by atoms with Gasteiger partial charge in [-0.25, -0.2) is 10.4 Å². The van der Waals surface area contributed by atoms with Crippen LogP contribution in [0, 0.1) is 6.92 Å². The Kier molecular flexibility index (Phi) is 9.00. The van der Waals surface area contributed by atoms with E-state index in [9.17, 15) is 9.59 Å². The van der Waals surface area contributed by atoms with Crippen molar-refractivity contribution < 1.29 is 19.1 Å². The minimum absolute atomic E-state index is 0.0875. The number of aromatic nitrogens is 1. The average molecular weight is 546 g/mol. The summed E-state index contributed by atoms with van der Waals surface area (Å²) in [6, 6.07) is 14.0. The van der Waals surface area contributed by atoms with Crippen molar-refractivity contribution in [2.75, 3.05) is 18.5 Å². The number of rotatable bonds is 9. The highest BCUT2D eigenvalue weighted by Gasteiger charge is 2.14. The molecule has 34 heavy (non-hydrogen) atoms. The number of anilines is 1. The van der Waals surface area contributed by atoms with E-state index >= 15 is 0 Å². The highest BCUT2D eigenvalue weighted by atomic mass is 79.9. The maximum absolute atomic E-state index is 12.3. The largest absolute Gasteiger partial charge is 0.490 e. The van der Waals surface area contributed by atoms with Crippen LogP contribution in [0.3, 0.4) is 0 Å². The van der Waals surface area contributed by atoms with Crippen LogP contribution in [0.25, 0.3) is 0 Å². The Morgan fingerprint density at radius 2 is 1.94 bits per heavy atom. The number of hydrogen-bond donors (Lipinski definition) is 2. The molecule has 10 heteroatoms. The highest BCUT2D eigenvalue weighted by Crippen LogP contribution is 2.36. The van der Waals surface area contributed by atoms with E-state index in [1.807, 2.05) is 38.1 Å². The number of aryl methyl sites for hydroxylation is 1. The Morgan fingerprint density at radius 3 is 2.65 bits per heavy atom. The second kappa shape index (κ2) is 12.2. The minimum atomic E-state index is -0.488. The summed E-state index contributed by atoms with van der Waals surface area (Å²) in [6.07, 6.45) is 2.94. The number of amides is 2. The molecule has 0 saturated heterocycles. The quantitative estimate of drug-likeness (QED) is 0.224. The fraction of sp³-hybridized carbons (Fsp3) is 0.167. The molecule has 2 amide bonds. The van der Waals surface area contributed by atoms with Gasteiger partial charge in [0, 0.05) is 11.9 Å². The van der Waals surface area contributed by atoms with Crippen molar-refractivity contribution in [3.8, 4) is 11.5 Å². The summed E-state index contributed by atoms with van der Waals surface area (Å²) in [5.74, 6) is 0.00549. The van der Waals surface area contributed by atoms with Gasteiger partial charge in [-0.2, -0.15) is 5.10 Å². The van der Waals surface area contributed by atoms with Gasteiger partial charge in [0.2, 0.25) is 0 Å². The van der Waals surface area contributed by atoms with Crippen LogP contribution in [0.1, 0.15) is 28.4 Å². The van der Waals surface area contributed by atoms with Crippen LogP contribution in [-0.2, 0) is 4.79 Å². The number of hydrogen-bond acceptors (Lipinski definition) is 6. The Bertz CT molecular complexity index is 1200. The third-order valence-electron chi connectivity index (χ3n) is 4.40. The van der Waals surface area contributed by atoms with E-state index in [-0.39, 0.29) is 23.2 Å². The molecule has 176 valence electrons. The van der Waals surface area contributed by atoms with Gasteiger partial charge in [0.25, 0.3) is 11.8 Å². The molecule has 8 nitrogen and oxygen atoms in total. The molecule has 0 bridgehead atoms. The monoisotopic (exact) mass is 544 g/mol. The summed E-state index contributed by atoms with van der Waals surface area (Å²) in [4.78, 5) is 28.4. The summed E-state index contributed by atoms with van der Waals surface area (Å²) >= 11 is 9.37. The van der Waals surface area contributed by atoms with Crippen molar-refractivity contribution in [3.63, 3.8) is 0 Å². The molecule has 2 N–H and O–H groups in total. The molecule has 0 saturated carbocycles. The molecule has 0 aliphatic heterocycles. The molecule has 0 spiro atoms. The molecule has 0 fully saturated rings. The first kappa shape index (κ1) is 25.2. The van der Waals surface area contributed by atoms with Gasteiger partial charge in [0.05, 0.1) is 22.9 Å². The van der Waals surface area contributed by atoms with Gasteiger partial charge in [-0.3, -0.25) is 9.59 Å². The summed E-state index contributed by atoms with van der Waals surface area (Å²) in [5, 5.41) is 6.84. The molecular weight excluding hydrogens is 524 g/mol. The summed E-state index contributed by atoms with van der Waals surface area (Å²) < 4.78 is 12.0. The molecule has 3 rings (SSSR count). The van der Waals surface area contributed by atoms with E-state index in [1.165, 1.54) is 12.4 Å². The van der Waals surface area contributed by atoms with E-state index in [4.69, 9.17) is 21.1 Å². The zero-order valence-electron chi connectivity index (χ0n) is 18.5. The van der Waals surface area contributed by atoms with Crippen molar-refractivity contribution in [3.05, 3.63) is 81.0 Å². The van der Waals surface area contributed by atoms with E-state index in [0.29, 0.717) is 33.8 Å². The molecule has 1 heterocycles. The number of hydrazone groups is 1. The topological polar surface area (TPSA) is 102 Å². The lowest BCUT2D eigenvalue weighted by Gasteiger charge is -2.14. The average Bonchev–Trinajstić information content (AvgIpc) is 2.80. The molecular formula is C24H22BrClN4O4. The number of nitrogens with one attached hydrogen (secondary N) is 2. The maximum atomic E-state index is 12.3. The smallest absolute Gasteiger partial charge is 0.274 e. The Balaban J connectivity index is 1.66. The molecule has 1 aromatic heterocycles. The van der Waals surface area contributed by atoms with Gasteiger partial charge < -0.3 is 14.8 Å². The fourth-order valence-corrected chi connectivity index (χ4v) is 3.60. The van der Waals surface area contributed by atoms with Crippen LogP contribution in [0.15, 0.2) is 64.3 Å². The van der Waals surface area contributed by atoms with Gasteiger partial charge in [-0.1, -0.05) is 29.3 Å². The second-order valence-corrected chi connectivity index (χ2v) is 8.22. The van der Waals surface area contributed by atoms with Crippen LogP contribution in [0.2, 0.25) is 5.15 Å². The van der Waals surface area contributed by atoms with E-state index in [0.717, 1.165) is 5.56 Å². The summed E-state index contributed by atoms with van der Waals surface area (Å²) in [6.45, 7) is 3.98. The van der Waals surface area contributed by atoms with Crippen LogP contribution >= 0.6 is 27.5 Å². The minimum Gasteiger partial charge on any atom is -0.490 e. The summed E-state index contributed by atoms with van der Waals surface area (Å²) in [7, 11) is 0. The van der Waals surface area contributed by atoms with Gasteiger partial charge in [0.1, 0.15) is 5.15 Å². The van der Waals surface area contributed by atoms with E-state index < -0.39 is 5.91 Å². The number of carbonyl (C=O) groups is 2. The van der Waals surface area contributed by atoms with Crippen LogP contribution in [0.5, 0.6) is 11.5 Å². The summed E-state index contributed by atoms with van der Waals surface area (Å²) in [5.41, 5.74) is 5.03.